The van der Waals surface area contributed by atoms with Crippen molar-refractivity contribution in [2.24, 2.45) is 5.92 Å². The second kappa shape index (κ2) is 6.72. The van der Waals surface area contributed by atoms with Crippen LogP contribution in [0.5, 0.6) is 5.75 Å². The molecule has 5 nitrogen and oxygen atoms in total. The smallest absolute Gasteiger partial charge is 0.423 e. The summed E-state index contributed by atoms with van der Waals surface area (Å²) in [4.78, 5) is 0. The molecule has 0 saturated heterocycles. The van der Waals surface area contributed by atoms with Gasteiger partial charge in [-0.05, 0) is 50.5 Å². The number of aromatic nitrogens is 3. The van der Waals surface area contributed by atoms with Crippen LogP contribution in [-0.2, 0) is 17.3 Å². The molecule has 26 heavy (non-hydrogen) atoms. The van der Waals surface area contributed by atoms with Crippen LogP contribution in [0.4, 0.5) is 13.2 Å². The molecule has 2 fully saturated rings. The molecule has 0 radical (unpaired) electrons. The quantitative estimate of drug-likeness (QED) is 0.798. The van der Waals surface area contributed by atoms with Crippen molar-refractivity contribution in [1.29, 1.82) is 0 Å². The predicted molar refractivity (Wildman–Crippen MR) is 88.1 cm³/mol. The van der Waals surface area contributed by atoms with Crippen molar-refractivity contribution in [2.45, 2.75) is 63.3 Å². The number of hydrogen-bond donors (Lipinski definition) is 0. The lowest BCUT2D eigenvalue weighted by molar-refractivity contribution is -0.138. The Morgan fingerprint density at radius 1 is 1.08 bits per heavy atom. The molecule has 2 aromatic rings. The summed E-state index contributed by atoms with van der Waals surface area (Å²) in [5.74, 6) is 0.944. The van der Waals surface area contributed by atoms with Gasteiger partial charge in [0.15, 0.2) is 5.65 Å². The SMILES string of the molecule is COC1CCC(Oc2ccn3c(CC4CC4)nnc3c2C(F)(F)F)CC1. The molecule has 2 saturated carbocycles. The minimum absolute atomic E-state index is 0.156. The van der Waals surface area contributed by atoms with Crippen LogP contribution in [0.15, 0.2) is 12.3 Å². The van der Waals surface area contributed by atoms with Crippen LogP contribution < -0.4 is 4.74 Å². The third-order valence-electron chi connectivity index (χ3n) is 5.31. The molecule has 4 rings (SSSR count). The van der Waals surface area contributed by atoms with Crippen LogP contribution in [0.25, 0.3) is 5.65 Å². The minimum Gasteiger partial charge on any atom is -0.490 e. The zero-order valence-corrected chi connectivity index (χ0v) is 14.6. The average Bonchev–Trinajstić information content (AvgIpc) is 3.34. The third kappa shape index (κ3) is 3.51. The van der Waals surface area contributed by atoms with E-state index in [1.807, 2.05) is 0 Å². The highest BCUT2D eigenvalue weighted by Gasteiger charge is 2.39. The first kappa shape index (κ1) is 17.6. The van der Waals surface area contributed by atoms with Gasteiger partial charge in [-0.1, -0.05) is 0 Å². The Labute approximate surface area is 149 Å². The molecule has 0 spiro atoms. The van der Waals surface area contributed by atoms with Gasteiger partial charge in [0.05, 0.1) is 12.2 Å². The van der Waals surface area contributed by atoms with Gasteiger partial charge >= 0.3 is 6.18 Å². The lowest BCUT2D eigenvalue weighted by atomic mass is 9.95. The van der Waals surface area contributed by atoms with Gasteiger partial charge in [-0.2, -0.15) is 13.2 Å². The lowest BCUT2D eigenvalue weighted by Crippen LogP contribution is -2.28. The monoisotopic (exact) mass is 369 g/mol. The molecule has 2 aromatic heterocycles. The Kier molecular flexibility index (Phi) is 4.54. The van der Waals surface area contributed by atoms with Crippen LogP contribution >= 0.6 is 0 Å². The maximum absolute atomic E-state index is 13.8. The van der Waals surface area contributed by atoms with Crippen LogP contribution in [0.1, 0.15) is 49.9 Å². The van der Waals surface area contributed by atoms with Crippen molar-refractivity contribution < 1.29 is 22.6 Å². The summed E-state index contributed by atoms with van der Waals surface area (Å²) in [7, 11) is 1.66. The van der Waals surface area contributed by atoms with Crippen LogP contribution in [-0.4, -0.2) is 33.9 Å². The van der Waals surface area contributed by atoms with E-state index >= 15 is 0 Å². The van der Waals surface area contributed by atoms with E-state index < -0.39 is 11.7 Å². The van der Waals surface area contributed by atoms with Gasteiger partial charge < -0.3 is 9.47 Å². The topological polar surface area (TPSA) is 48.7 Å². The molecule has 0 unspecified atom stereocenters. The maximum atomic E-state index is 13.8. The van der Waals surface area contributed by atoms with Gasteiger partial charge in [0.2, 0.25) is 0 Å². The van der Waals surface area contributed by atoms with Crippen molar-refractivity contribution in [3.8, 4) is 5.75 Å². The van der Waals surface area contributed by atoms with E-state index in [-0.39, 0.29) is 23.6 Å². The molecule has 2 heterocycles. The second-order valence-electron chi connectivity index (χ2n) is 7.26. The molecule has 0 aromatic carbocycles. The van der Waals surface area contributed by atoms with Crippen molar-refractivity contribution in [3.63, 3.8) is 0 Å². The van der Waals surface area contributed by atoms with Crippen LogP contribution in [0.2, 0.25) is 0 Å². The highest BCUT2D eigenvalue weighted by molar-refractivity contribution is 5.56. The summed E-state index contributed by atoms with van der Waals surface area (Å²) in [6.45, 7) is 0. The van der Waals surface area contributed by atoms with Crippen molar-refractivity contribution >= 4 is 5.65 Å². The molecule has 0 atom stereocenters. The van der Waals surface area contributed by atoms with Gasteiger partial charge in [0.1, 0.15) is 17.1 Å². The highest BCUT2D eigenvalue weighted by atomic mass is 19.4. The summed E-state index contributed by atoms with van der Waals surface area (Å²) in [6.07, 6.45) is 2.80. The average molecular weight is 369 g/mol. The summed E-state index contributed by atoms with van der Waals surface area (Å²) in [5, 5.41) is 7.84. The van der Waals surface area contributed by atoms with Gasteiger partial charge in [0, 0.05) is 19.7 Å². The molecule has 142 valence electrons. The fourth-order valence-corrected chi connectivity index (χ4v) is 3.64. The maximum Gasteiger partial charge on any atom is 0.423 e. The molecular formula is C18H22F3N3O2. The Morgan fingerprint density at radius 2 is 1.77 bits per heavy atom. The number of fused-ring (bicyclic) bond motifs is 1. The van der Waals surface area contributed by atoms with Gasteiger partial charge in [-0.3, -0.25) is 4.40 Å². The second-order valence-corrected chi connectivity index (χ2v) is 7.26. The molecule has 0 bridgehead atoms. The molecule has 2 aliphatic carbocycles. The zero-order valence-electron chi connectivity index (χ0n) is 14.6. The van der Waals surface area contributed by atoms with Crippen LogP contribution in [0.3, 0.4) is 0 Å². The number of nitrogens with zero attached hydrogens (tertiary/aromatic N) is 3. The van der Waals surface area contributed by atoms with E-state index in [4.69, 9.17) is 9.47 Å². The van der Waals surface area contributed by atoms with E-state index in [2.05, 4.69) is 10.2 Å². The molecule has 0 N–H and O–H groups in total. The van der Waals surface area contributed by atoms with E-state index in [1.165, 1.54) is 10.5 Å². The third-order valence-corrected chi connectivity index (χ3v) is 5.31. The largest absolute Gasteiger partial charge is 0.490 e. The van der Waals surface area contributed by atoms with E-state index in [1.54, 1.807) is 13.3 Å². The molecule has 0 amide bonds. The number of pyridine rings is 1. The fraction of sp³-hybridized carbons (Fsp3) is 0.667. The number of hydrogen-bond acceptors (Lipinski definition) is 4. The Morgan fingerprint density at radius 3 is 2.38 bits per heavy atom. The summed E-state index contributed by atoms with van der Waals surface area (Å²) >= 11 is 0. The number of alkyl halides is 3. The number of ether oxygens (including phenoxy) is 2. The van der Waals surface area contributed by atoms with E-state index in [0.717, 1.165) is 25.7 Å². The summed E-state index contributed by atoms with van der Waals surface area (Å²) in [5.41, 5.74) is -1.00. The van der Waals surface area contributed by atoms with Crippen molar-refractivity contribution in [1.82, 2.24) is 14.6 Å². The Bertz CT molecular complexity index is 778. The first-order valence-electron chi connectivity index (χ1n) is 9.09. The number of halogens is 3. The number of methoxy groups -OCH3 is 1. The first-order chi connectivity index (χ1) is 12.5. The Hall–Kier alpha value is -1.83. The summed E-state index contributed by atoms with van der Waals surface area (Å²) < 4.78 is 53.8. The first-order valence-corrected chi connectivity index (χ1v) is 9.09. The van der Waals surface area contributed by atoms with E-state index in [0.29, 0.717) is 31.0 Å². The van der Waals surface area contributed by atoms with Gasteiger partial charge in [-0.25, -0.2) is 0 Å². The molecule has 0 aliphatic heterocycles. The van der Waals surface area contributed by atoms with Crippen molar-refractivity contribution in [3.05, 3.63) is 23.7 Å². The predicted octanol–water partition coefficient (Wildman–Crippen LogP) is 4.04. The summed E-state index contributed by atoms with van der Waals surface area (Å²) in [6, 6.07) is 1.40. The van der Waals surface area contributed by atoms with E-state index in [9.17, 15) is 13.2 Å². The molecule has 2 aliphatic rings. The van der Waals surface area contributed by atoms with Crippen LogP contribution in [0, 0.1) is 5.92 Å². The molecular weight excluding hydrogens is 347 g/mol. The number of rotatable bonds is 5. The standard InChI is InChI=1S/C18H22F3N3O2/c1-25-12-4-6-13(7-5-12)26-14-8-9-24-15(10-11-2-3-11)22-23-17(24)16(14)18(19,20)21/h8-9,11-13H,2-7,10H2,1H3. The lowest BCUT2D eigenvalue weighted by Gasteiger charge is -2.29. The zero-order chi connectivity index (χ0) is 18.3. The fourth-order valence-electron chi connectivity index (χ4n) is 3.64. The Balaban J connectivity index is 1.63. The van der Waals surface area contributed by atoms with Gasteiger partial charge in [-0.15, -0.1) is 10.2 Å². The normalized spacial score (nSPS) is 24.2. The van der Waals surface area contributed by atoms with Crippen molar-refractivity contribution in [2.75, 3.05) is 7.11 Å². The van der Waals surface area contributed by atoms with Gasteiger partial charge in [0.25, 0.3) is 0 Å². The minimum atomic E-state index is -4.55. The molecule has 8 heteroatoms. The highest BCUT2D eigenvalue weighted by Crippen LogP contribution is 2.40.